The average molecular weight is 159 g/mol. The first-order valence-electron chi connectivity index (χ1n) is 2.70. The number of hydrogen-bond acceptors (Lipinski definition) is 3. The number of hydrazine groups is 1. The summed E-state index contributed by atoms with van der Waals surface area (Å²) in [6.07, 6.45) is 0. The summed E-state index contributed by atoms with van der Waals surface area (Å²) in [5.74, 6) is 5.03. The molecule has 4 heteroatoms. The van der Waals surface area contributed by atoms with Crippen LogP contribution >= 0.6 is 11.6 Å². The SMILES string of the molecule is NNc1cccc(Cl)c1O. The zero-order valence-electron chi connectivity index (χ0n) is 5.13. The smallest absolute Gasteiger partial charge is 0.158 e. The summed E-state index contributed by atoms with van der Waals surface area (Å²) in [5, 5.41) is 9.41. The van der Waals surface area contributed by atoms with Crippen molar-refractivity contribution in [1.82, 2.24) is 0 Å². The van der Waals surface area contributed by atoms with Gasteiger partial charge in [0.1, 0.15) is 0 Å². The van der Waals surface area contributed by atoms with E-state index in [9.17, 15) is 0 Å². The number of nitrogens with one attached hydrogen (secondary N) is 1. The van der Waals surface area contributed by atoms with Gasteiger partial charge in [-0.2, -0.15) is 0 Å². The van der Waals surface area contributed by atoms with Crippen LogP contribution in [-0.4, -0.2) is 5.11 Å². The van der Waals surface area contributed by atoms with Gasteiger partial charge in [-0.1, -0.05) is 17.7 Å². The van der Waals surface area contributed by atoms with Gasteiger partial charge >= 0.3 is 0 Å². The van der Waals surface area contributed by atoms with E-state index in [1.54, 1.807) is 18.2 Å². The molecule has 1 rings (SSSR count). The Hall–Kier alpha value is -0.930. The minimum Gasteiger partial charge on any atom is -0.504 e. The molecule has 0 aliphatic heterocycles. The minimum absolute atomic E-state index is 0.0216. The van der Waals surface area contributed by atoms with E-state index in [4.69, 9.17) is 22.6 Å². The zero-order valence-corrected chi connectivity index (χ0v) is 5.89. The maximum Gasteiger partial charge on any atom is 0.158 e. The van der Waals surface area contributed by atoms with Gasteiger partial charge in [0, 0.05) is 0 Å². The van der Waals surface area contributed by atoms with Crippen LogP contribution in [0.5, 0.6) is 5.75 Å². The fourth-order valence-electron chi connectivity index (χ4n) is 0.632. The van der Waals surface area contributed by atoms with Gasteiger partial charge in [-0.3, -0.25) is 5.84 Å². The first-order valence-corrected chi connectivity index (χ1v) is 3.07. The van der Waals surface area contributed by atoms with Crippen molar-refractivity contribution < 1.29 is 5.11 Å². The Morgan fingerprint density at radius 2 is 2.20 bits per heavy atom. The fraction of sp³-hybridized carbons (Fsp3) is 0. The van der Waals surface area contributed by atoms with Crippen LogP contribution in [0.4, 0.5) is 5.69 Å². The number of halogens is 1. The fourth-order valence-corrected chi connectivity index (χ4v) is 0.806. The van der Waals surface area contributed by atoms with Gasteiger partial charge in [-0.15, -0.1) is 0 Å². The summed E-state index contributed by atoms with van der Waals surface area (Å²) < 4.78 is 0. The van der Waals surface area contributed by atoms with Crippen LogP contribution in [0.15, 0.2) is 18.2 Å². The second-order valence-electron chi connectivity index (χ2n) is 1.78. The number of benzene rings is 1. The van der Waals surface area contributed by atoms with E-state index in [1.807, 2.05) is 0 Å². The molecule has 0 spiro atoms. The van der Waals surface area contributed by atoms with Crippen LogP contribution in [-0.2, 0) is 0 Å². The molecule has 0 amide bonds. The van der Waals surface area contributed by atoms with Gasteiger partial charge in [0.05, 0.1) is 10.7 Å². The van der Waals surface area contributed by atoms with Gasteiger partial charge in [0.2, 0.25) is 0 Å². The topological polar surface area (TPSA) is 58.3 Å². The molecule has 0 aliphatic rings. The molecule has 0 heterocycles. The molecule has 54 valence electrons. The van der Waals surface area contributed by atoms with Crippen LogP contribution < -0.4 is 11.3 Å². The third-order valence-electron chi connectivity index (χ3n) is 1.14. The molecule has 0 radical (unpaired) electrons. The highest BCUT2D eigenvalue weighted by atomic mass is 35.5. The van der Waals surface area contributed by atoms with Crippen molar-refractivity contribution in [2.45, 2.75) is 0 Å². The standard InChI is InChI=1S/C6H7ClN2O/c7-4-2-1-3-5(9-8)6(4)10/h1-3,9-10H,8H2. The van der Waals surface area contributed by atoms with E-state index in [2.05, 4.69) is 5.43 Å². The predicted octanol–water partition coefficient (Wildman–Crippen LogP) is 1.33. The maximum atomic E-state index is 9.12. The van der Waals surface area contributed by atoms with Crippen molar-refractivity contribution >= 4 is 17.3 Å². The van der Waals surface area contributed by atoms with Crippen LogP contribution in [0.3, 0.4) is 0 Å². The Balaban J connectivity index is 3.14. The summed E-state index contributed by atoms with van der Waals surface area (Å²) in [4.78, 5) is 0. The number of nitrogens with two attached hydrogens (primary N) is 1. The largest absolute Gasteiger partial charge is 0.504 e. The van der Waals surface area contributed by atoms with Gasteiger partial charge in [0.15, 0.2) is 5.75 Å². The summed E-state index contributed by atoms with van der Waals surface area (Å²) in [6.45, 7) is 0. The first kappa shape index (κ1) is 7.18. The molecule has 0 fully saturated rings. The molecule has 4 N–H and O–H groups in total. The lowest BCUT2D eigenvalue weighted by molar-refractivity contribution is 0.477. The Morgan fingerprint density at radius 1 is 1.50 bits per heavy atom. The zero-order chi connectivity index (χ0) is 7.56. The van der Waals surface area contributed by atoms with Gasteiger partial charge < -0.3 is 10.5 Å². The van der Waals surface area contributed by atoms with Crippen molar-refractivity contribution in [3.05, 3.63) is 23.2 Å². The normalized spacial score (nSPS) is 9.40. The summed E-state index contributed by atoms with van der Waals surface area (Å²) in [6, 6.07) is 4.90. The Kier molecular flexibility index (Phi) is 1.99. The van der Waals surface area contributed by atoms with E-state index in [0.717, 1.165) is 0 Å². The second-order valence-corrected chi connectivity index (χ2v) is 2.19. The average Bonchev–Trinajstić information content (AvgIpc) is 1.95. The van der Waals surface area contributed by atoms with Crippen molar-refractivity contribution in [2.75, 3.05) is 5.43 Å². The van der Waals surface area contributed by atoms with Crippen molar-refractivity contribution in [1.29, 1.82) is 0 Å². The number of hydrogen-bond donors (Lipinski definition) is 3. The van der Waals surface area contributed by atoms with Crippen LogP contribution in [0.1, 0.15) is 0 Å². The summed E-state index contributed by atoms with van der Waals surface area (Å²) in [5.41, 5.74) is 2.73. The van der Waals surface area contributed by atoms with Crippen LogP contribution in [0.25, 0.3) is 0 Å². The molecule has 0 aliphatic carbocycles. The predicted molar refractivity (Wildman–Crippen MR) is 40.9 cm³/mol. The Bertz CT molecular complexity index is 239. The van der Waals surface area contributed by atoms with Gasteiger partial charge in [0.25, 0.3) is 0 Å². The molecule has 0 unspecified atom stereocenters. The molecular formula is C6H7ClN2O. The molecular weight excluding hydrogens is 152 g/mol. The van der Waals surface area contributed by atoms with Crippen molar-refractivity contribution in [2.24, 2.45) is 5.84 Å². The van der Waals surface area contributed by atoms with Crippen molar-refractivity contribution in [3.63, 3.8) is 0 Å². The second kappa shape index (κ2) is 2.77. The third kappa shape index (κ3) is 1.15. The molecule has 3 nitrogen and oxygen atoms in total. The number of rotatable bonds is 1. The quantitative estimate of drug-likeness (QED) is 0.328. The van der Waals surface area contributed by atoms with Crippen LogP contribution in [0, 0.1) is 0 Å². The molecule has 0 saturated carbocycles. The molecule has 0 bridgehead atoms. The highest BCUT2D eigenvalue weighted by Crippen LogP contribution is 2.29. The molecule has 1 aromatic rings. The third-order valence-corrected chi connectivity index (χ3v) is 1.45. The number of phenols is 1. The lowest BCUT2D eigenvalue weighted by Crippen LogP contribution is -2.06. The van der Waals surface area contributed by atoms with Gasteiger partial charge in [-0.25, -0.2) is 0 Å². The molecule has 0 saturated heterocycles. The van der Waals surface area contributed by atoms with E-state index in [1.165, 1.54) is 0 Å². The number of nitrogen functional groups attached to an aromatic ring is 1. The van der Waals surface area contributed by atoms with E-state index >= 15 is 0 Å². The number of para-hydroxylation sites is 1. The van der Waals surface area contributed by atoms with Gasteiger partial charge in [-0.05, 0) is 12.1 Å². The molecule has 0 atom stereocenters. The van der Waals surface area contributed by atoms with E-state index in [-0.39, 0.29) is 10.8 Å². The maximum absolute atomic E-state index is 9.12. The molecule has 0 aromatic heterocycles. The van der Waals surface area contributed by atoms with Crippen molar-refractivity contribution in [3.8, 4) is 5.75 Å². The summed E-state index contributed by atoms with van der Waals surface area (Å²) in [7, 11) is 0. The summed E-state index contributed by atoms with van der Waals surface area (Å²) >= 11 is 5.55. The lowest BCUT2D eigenvalue weighted by atomic mass is 10.3. The Labute approximate surface area is 63.4 Å². The minimum atomic E-state index is -0.0216. The molecule has 1 aromatic carbocycles. The Morgan fingerprint density at radius 3 is 2.70 bits per heavy atom. The van der Waals surface area contributed by atoms with Crippen LogP contribution in [0.2, 0.25) is 5.02 Å². The van der Waals surface area contributed by atoms with E-state index < -0.39 is 0 Å². The first-order chi connectivity index (χ1) is 4.75. The highest BCUT2D eigenvalue weighted by molar-refractivity contribution is 6.32. The number of phenolic OH excluding ortho intramolecular Hbond substituents is 1. The number of anilines is 1. The lowest BCUT2D eigenvalue weighted by Gasteiger charge is -2.02. The monoisotopic (exact) mass is 158 g/mol. The highest BCUT2D eigenvalue weighted by Gasteiger charge is 2.01. The van der Waals surface area contributed by atoms with E-state index in [0.29, 0.717) is 5.69 Å². The number of aromatic hydroxyl groups is 1. The molecule has 10 heavy (non-hydrogen) atoms.